The SMILES string of the molecule is CC1(C)CCCCC1NC(=O)c1cc(Br)ccc1O. The Labute approximate surface area is 122 Å². The molecule has 1 aromatic rings. The van der Waals surface area contributed by atoms with Crippen LogP contribution in [0, 0.1) is 5.41 Å². The Bertz CT molecular complexity index is 485. The molecule has 1 atom stereocenters. The molecule has 1 saturated carbocycles. The summed E-state index contributed by atoms with van der Waals surface area (Å²) in [5.41, 5.74) is 0.450. The van der Waals surface area contributed by atoms with Crippen LogP contribution in [-0.2, 0) is 0 Å². The van der Waals surface area contributed by atoms with Crippen LogP contribution in [0.4, 0.5) is 0 Å². The van der Waals surface area contributed by atoms with E-state index < -0.39 is 0 Å². The fraction of sp³-hybridized carbons (Fsp3) is 0.533. The van der Waals surface area contributed by atoms with Gasteiger partial charge in [0.15, 0.2) is 0 Å². The summed E-state index contributed by atoms with van der Waals surface area (Å²) in [6, 6.07) is 5.08. The van der Waals surface area contributed by atoms with Gasteiger partial charge in [-0.1, -0.05) is 42.6 Å². The molecule has 3 nitrogen and oxygen atoms in total. The van der Waals surface area contributed by atoms with Gasteiger partial charge in [-0.2, -0.15) is 0 Å². The predicted molar refractivity (Wildman–Crippen MR) is 79.3 cm³/mol. The zero-order valence-electron chi connectivity index (χ0n) is 11.4. The maximum absolute atomic E-state index is 12.3. The maximum Gasteiger partial charge on any atom is 0.255 e. The minimum Gasteiger partial charge on any atom is -0.507 e. The van der Waals surface area contributed by atoms with Gasteiger partial charge in [0.1, 0.15) is 5.75 Å². The molecule has 1 aromatic carbocycles. The number of amides is 1. The highest BCUT2D eigenvalue weighted by Gasteiger charge is 2.33. The molecule has 1 amide bonds. The molecule has 0 heterocycles. The average molecular weight is 326 g/mol. The van der Waals surface area contributed by atoms with Gasteiger partial charge in [0.25, 0.3) is 5.91 Å². The Morgan fingerprint density at radius 2 is 2.16 bits per heavy atom. The van der Waals surface area contributed by atoms with Crippen molar-refractivity contribution in [3.8, 4) is 5.75 Å². The van der Waals surface area contributed by atoms with Crippen LogP contribution in [0.25, 0.3) is 0 Å². The minimum absolute atomic E-state index is 0.0225. The summed E-state index contributed by atoms with van der Waals surface area (Å²) in [7, 11) is 0. The zero-order valence-corrected chi connectivity index (χ0v) is 13.0. The quantitative estimate of drug-likeness (QED) is 0.867. The van der Waals surface area contributed by atoms with Crippen LogP contribution >= 0.6 is 15.9 Å². The number of halogens is 1. The van der Waals surface area contributed by atoms with Crippen molar-refractivity contribution in [1.29, 1.82) is 0 Å². The second kappa shape index (κ2) is 5.53. The van der Waals surface area contributed by atoms with Gasteiger partial charge >= 0.3 is 0 Å². The Morgan fingerprint density at radius 1 is 1.42 bits per heavy atom. The Balaban J connectivity index is 2.14. The third-order valence-electron chi connectivity index (χ3n) is 4.02. The van der Waals surface area contributed by atoms with E-state index in [1.54, 1.807) is 12.1 Å². The average Bonchev–Trinajstić information content (AvgIpc) is 2.34. The fourth-order valence-electron chi connectivity index (χ4n) is 2.69. The van der Waals surface area contributed by atoms with Gasteiger partial charge < -0.3 is 10.4 Å². The van der Waals surface area contributed by atoms with Crippen LogP contribution in [0.3, 0.4) is 0 Å². The molecule has 4 heteroatoms. The third kappa shape index (κ3) is 3.30. The number of phenols is 1. The molecule has 0 spiro atoms. The highest BCUT2D eigenvalue weighted by molar-refractivity contribution is 9.10. The third-order valence-corrected chi connectivity index (χ3v) is 4.51. The maximum atomic E-state index is 12.3. The first kappa shape index (κ1) is 14.4. The topological polar surface area (TPSA) is 49.3 Å². The van der Waals surface area contributed by atoms with Gasteiger partial charge in [-0.15, -0.1) is 0 Å². The molecule has 0 aliphatic heterocycles. The van der Waals surface area contributed by atoms with Crippen molar-refractivity contribution in [2.24, 2.45) is 5.41 Å². The highest BCUT2D eigenvalue weighted by Crippen LogP contribution is 2.35. The van der Waals surface area contributed by atoms with Crippen molar-refractivity contribution < 1.29 is 9.90 Å². The van der Waals surface area contributed by atoms with Crippen molar-refractivity contribution in [2.75, 3.05) is 0 Å². The van der Waals surface area contributed by atoms with Crippen molar-refractivity contribution in [2.45, 2.75) is 45.6 Å². The first-order valence-electron chi connectivity index (χ1n) is 6.69. The van der Waals surface area contributed by atoms with Crippen LogP contribution in [0.15, 0.2) is 22.7 Å². The van der Waals surface area contributed by atoms with E-state index in [0.29, 0.717) is 5.56 Å². The first-order valence-corrected chi connectivity index (χ1v) is 7.49. The number of benzene rings is 1. The Kier molecular flexibility index (Phi) is 4.19. The van der Waals surface area contributed by atoms with Crippen LogP contribution < -0.4 is 5.32 Å². The molecule has 2 rings (SSSR count). The number of rotatable bonds is 2. The molecule has 1 unspecified atom stereocenters. The van der Waals surface area contributed by atoms with Crippen molar-refractivity contribution >= 4 is 21.8 Å². The van der Waals surface area contributed by atoms with Gasteiger partial charge in [-0.05, 0) is 36.5 Å². The standard InChI is InChI=1S/C15H20BrNO2/c1-15(2)8-4-3-5-13(15)17-14(19)11-9-10(16)6-7-12(11)18/h6-7,9,13,18H,3-5,8H2,1-2H3,(H,17,19). The van der Waals surface area contributed by atoms with Crippen molar-refractivity contribution in [3.05, 3.63) is 28.2 Å². The summed E-state index contributed by atoms with van der Waals surface area (Å²) in [5.74, 6) is -0.173. The molecule has 19 heavy (non-hydrogen) atoms. The van der Waals surface area contributed by atoms with Crippen molar-refractivity contribution in [1.82, 2.24) is 5.32 Å². The smallest absolute Gasteiger partial charge is 0.255 e. The fourth-order valence-corrected chi connectivity index (χ4v) is 3.05. The van der Waals surface area contributed by atoms with Gasteiger partial charge in [-0.25, -0.2) is 0 Å². The van der Waals surface area contributed by atoms with Crippen LogP contribution in [0.5, 0.6) is 5.75 Å². The van der Waals surface area contributed by atoms with E-state index >= 15 is 0 Å². The summed E-state index contributed by atoms with van der Waals surface area (Å²) in [6.45, 7) is 4.38. The monoisotopic (exact) mass is 325 g/mol. The summed E-state index contributed by atoms with van der Waals surface area (Å²) < 4.78 is 0.790. The molecule has 1 fully saturated rings. The van der Waals surface area contributed by atoms with E-state index in [1.165, 1.54) is 12.5 Å². The van der Waals surface area contributed by atoms with E-state index in [-0.39, 0.29) is 23.1 Å². The summed E-state index contributed by atoms with van der Waals surface area (Å²) in [6.07, 6.45) is 4.51. The molecule has 1 aliphatic carbocycles. The molecule has 0 aromatic heterocycles. The molecule has 2 N–H and O–H groups in total. The zero-order chi connectivity index (χ0) is 14.0. The lowest BCUT2D eigenvalue weighted by Gasteiger charge is -2.39. The number of phenolic OH excluding ortho intramolecular Hbond substituents is 1. The second-order valence-corrected chi connectivity index (χ2v) is 6.84. The molecule has 0 saturated heterocycles. The minimum atomic E-state index is -0.196. The van der Waals surface area contributed by atoms with Gasteiger partial charge in [-0.3, -0.25) is 4.79 Å². The highest BCUT2D eigenvalue weighted by atomic mass is 79.9. The van der Waals surface area contributed by atoms with E-state index in [4.69, 9.17) is 0 Å². The number of hydrogen-bond acceptors (Lipinski definition) is 2. The van der Waals surface area contributed by atoms with Gasteiger partial charge in [0, 0.05) is 10.5 Å². The number of nitrogens with one attached hydrogen (secondary N) is 1. The number of aromatic hydroxyl groups is 1. The van der Waals surface area contributed by atoms with Gasteiger partial charge in [0.05, 0.1) is 5.56 Å². The van der Waals surface area contributed by atoms with E-state index in [0.717, 1.165) is 23.7 Å². The second-order valence-electron chi connectivity index (χ2n) is 5.92. The molecule has 1 aliphatic rings. The van der Waals surface area contributed by atoms with Crippen molar-refractivity contribution in [3.63, 3.8) is 0 Å². The van der Waals surface area contributed by atoms with Crippen LogP contribution in [0.2, 0.25) is 0 Å². The van der Waals surface area contributed by atoms with E-state index in [1.807, 2.05) is 0 Å². The Hall–Kier alpha value is -1.03. The first-order chi connectivity index (χ1) is 8.90. The van der Waals surface area contributed by atoms with Crippen LogP contribution in [-0.4, -0.2) is 17.1 Å². The molecule has 104 valence electrons. The van der Waals surface area contributed by atoms with E-state index in [2.05, 4.69) is 35.1 Å². The lowest BCUT2D eigenvalue weighted by atomic mass is 9.73. The largest absolute Gasteiger partial charge is 0.507 e. The molecule has 0 radical (unpaired) electrons. The van der Waals surface area contributed by atoms with Gasteiger partial charge in [0.2, 0.25) is 0 Å². The number of carbonyl (C=O) groups excluding carboxylic acids is 1. The summed E-state index contributed by atoms with van der Waals surface area (Å²) in [4.78, 5) is 12.3. The molecular weight excluding hydrogens is 306 g/mol. The lowest BCUT2D eigenvalue weighted by molar-refractivity contribution is 0.0851. The molecule has 0 bridgehead atoms. The Morgan fingerprint density at radius 3 is 2.84 bits per heavy atom. The lowest BCUT2D eigenvalue weighted by Crippen LogP contribution is -2.46. The van der Waals surface area contributed by atoms with E-state index in [9.17, 15) is 9.90 Å². The predicted octanol–water partition coefficient (Wildman–Crippen LogP) is 3.85. The summed E-state index contributed by atoms with van der Waals surface area (Å²) in [5, 5.41) is 12.9. The number of carbonyl (C=O) groups is 1. The summed E-state index contributed by atoms with van der Waals surface area (Å²) >= 11 is 3.32. The number of hydrogen-bond donors (Lipinski definition) is 2. The molecular formula is C15H20BrNO2. The normalized spacial score (nSPS) is 21.9. The van der Waals surface area contributed by atoms with Crippen LogP contribution in [0.1, 0.15) is 49.9 Å².